The van der Waals surface area contributed by atoms with Crippen molar-refractivity contribution in [3.05, 3.63) is 41.9 Å². The molecular formula is C16H12F3N5O2. The van der Waals surface area contributed by atoms with Gasteiger partial charge in [-0.15, -0.1) is 0 Å². The Hall–Kier alpha value is -3.19. The number of nitrogens with zero attached hydrogens (tertiary/aromatic N) is 5. The molecule has 3 rings (SSSR count). The Balaban J connectivity index is 2.17. The molecule has 7 nitrogen and oxygen atoms in total. The number of carbonyl (C=O) groups excluding carboxylic acids is 1. The lowest BCUT2D eigenvalue weighted by molar-refractivity contribution is -0.137. The number of carbonyl (C=O) groups is 1. The van der Waals surface area contributed by atoms with Crippen molar-refractivity contribution < 1.29 is 23.1 Å². The fraction of sp³-hybridized carbons (Fsp3) is 0.250. The van der Waals surface area contributed by atoms with Crippen molar-refractivity contribution in [3.63, 3.8) is 0 Å². The molecule has 1 fully saturated rings. The van der Waals surface area contributed by atoms with E-state index in [4.69, 9.17) is 5.26 Å². The average molecular weight is 363 g/mol. The molecule has 1 aliphatic heterocycles. The number of urea groups is 1. The predicted molar refractivity (Wildman–Crippen MR) is 83.7 cm³/mol. The van der Waals surface area contributed by atoms with Gasteiger partial charge in [0, 0.05) is 36.8 Å². The number of hydrogen-bond donors (Lipinski definition) is 1. The molecule has 0 saturated carbocycles. The van der Waals surface area contributed by atoms with Gasteiger partial charge in [-0.1, -0.05) is 0 Å². The molecule has 2 aromatic heterocycles. The molecule has 0 aromatic carbocycles. The number of amides is 2. The molecule has 1 atom stereocenters. The van der Waals surface area contributed by atoms with Gasteiger partial charge in [0.25, 0.3) is 0 Å². The fourth-order valence-corrected chi connectivity index (χ4v) is 2.71. The Morgan fingerprint density at radius 2 is 2.08 bits per heavy atom. The molecule has 3 heterocycles. The SMILES string of the molecule is CN1CC(O)N(c2cc(C(F)(F)F)c(-c3ccncc3C#N)cn2)C1=O. The minimum atomic E-state index is -4.76. The summed E-state index contributed by atoms with van der Waals surface area (Å²) in [4.78, 5) is 21.6. The van der Waals surface area contributed by atoms with E-state index in [0.717, 1.165) is 17.3 Å². The predicted octanol–water partition coefficient (Wildman–Crippen LogP) is 2.22. The fourth-order valence-electron chi connectivity index (χ4n) is 2.71. The minimum absolute atomic E-state index is 0.0271. The molecule has 1 unspecified atom stereocenters. The summed E-state index contributed by atoms with van der Waals surface area (Å²) in [7, 11) is 1.42. The first kappa shape index (κ1) is 17.6. The van der Waals surface area contributed by atoms with Gasteiger partial charge in [-0.3, -0.25) is 4.98 Å². The van der Waals surface area contributed by atoms with Crippen molar-refractivity contribution in [2.24, 2.45) is 0 Å². The Labute approximate surface area is 145 Å². The quantitative estimate of drug-likeness (QED) is 0.883. The summed E-state index contributed by atoms with van der Waals surface area (Å²) in [5.41, 5.74) is -1.39. The molecule has 2 aromatic rings. The van der Waals surface area contributed by atoms with Gasteiger partial charge in [-0.2, -0.15) is 18.4 Å². The molecule has 1 aliphatic rings. The molecule has 10 heteroatoms. The van der Waals surface area contributed by atoms with Gasteiger partial charge in [-0.05, 0) is 12.1 Å². The van der Waals surface area contributed by atoms with Crippen LogP contribution in [0.15, 0.2) is 30.7 Å². The molecule has 1 saturated heterocycles. The summed E-state index contributed by atoms with van der Waals surface area (Å²) in [5, 5.41) is 19.1. The Morgan fingerprint density at radius 1 is 1.35 bits per heavy atom. The van der Waals surface area contributed by atoms with E-state index in [0.29, 0.717) is 6.07 Å². The molecule has 0 radical (unpaired) electrons. The molecule has 2 amide bonds. The van der Waals surface area contributed by atoms with Crippen LogP contribution in [0.2, 0.25) is 0 Å². The van der Waals surface area contributed by atoms with Crippen LogP contribution in [0.25, 0.3) is 11.1 Å². The third kappa shape index (κ3) is 2.93. The maximum absolute atomic E-state index is 13.6. The number of alkyl halides is 3. The van der Waals surface area contributed by atoms with Gasteiger partial charge >= 0.3 is 12.2 Å². The highest BCUT2D eigenvalue weighted by atomic mass is 19.4. The highest BCUT2D eigenvalue weighted by Gasteiger charge is 2.39. The molecule has 134 valence electrons. The Bertz CT molecular complexity index is 909. The van der Waals surface area contributed by atoms with E-state index >= 15 is 0 Å². The number of aliphatic hydroxyl groups is 1. The number of anilines is 1. The van der Waals surface area contributed by atoms with Gasteiger partial charge < -0.3 is 10.0 Å². The highest BCUT2D eigenvalue weighted by Crippen LogP contribution is 2.39. The van der Waals surface area contributed by atoms with Crippen LogP contribution in [0.5, 0.6) is 0 Å². The van der Waals surface area contributed by atoms with Crippen LogP contribution in [0.1, 0.15) is 11.1 Å². The lowest BCUT2D eigenvalue weighted by Crippen LogP contribution is -2.35. The molecule has 1 N–H and O–H groups in total. The second kappa shape index (κ2) is 6.27. The number of likely N-dealkylation sites (N-methyl/N-ethyl adjacent to an activating group) is 1. The number of aromatic nitrogens is 2. The van der Waals surface area contributed by atoms with Crippen LogP contribution < -0.4 is 4.90 Å². The first-order chi connectivity index (χ1) is 12.2. The first-order valence-electron chi connectivity index (χ1n) is 7.38. The van der Waals surface area contributed by atoms with Crippen molar-refractivity contribution in [2.75, 3.05) is 18.5 Å². The molecule has 0 spiro atoms. The maximum Gasteiger partial charge on any atom is 0.417 e. The molecular weight excluding hydrogens is 351 g/mol. The standard InChI is InChI=1S/C16H12F3N5O2/c1-23-8-14(25)24(15(23)26)13-4-12(16(17,18)19)11(7-22-13)10-2-3-21-6-9(10)5-20/h2-4,6-7,14,25H,8H2,1H3. The van der Waals surface area contributed by atoms with Crippen LogP contribution in [-0.4, -0.2) is 45.8 Å². The van der Waals surface area contributed by atoms with E-state index < -0.39 is 24.0 Å². The van der Waals surface area contributed by atoms with Crippen LogP contribution in [0.3, 0.4) is 0 Å². The summed E-state index contributed by atoms with van der Waals surface area (Å²) in [5.74, 6) is -0.324. The van der Waals surface area contributed by atoms with Gasteiger partial charge in [0.15, 0.2) is 6.23 Å². The second-order valence-electron chi connectivity index (χ2n) is 5.63. The third-order valence-electron chi connectivity index (χ3n) is 3.94. The lowest BCUT2D eigenvalue weighted by Gasteiger charge is -2.21. The van der Waals surface area contributed by atoms with Crippen molar-refractivity contribution in [2.45, 2.75) is 12.4 Å². The van der Waals surface area contributed by atoms with E-state index in [-0.39, 0.29) is 29.1 Å². The van der Waals surface area contributed by atoms with Crippen molar-refractivity contribution >= 4 is 11.8 Å². The first-order valence-corrected chi connectivity index (χ1v) is 7.38. The number of pyridine rings is 2. The maximum atomic E-state index is 13.6. The topological polar surface area (TPSA) is 93.3 Å². The number of rotatable bonds is 2. The molecule has 0 aliphatic carbocycles. The zero-order valence-corrected chi connectivity index (χ0v) is 13.4. The highest BCUT2D eigenvalue weighted by molar-refractivity contribution is 5.94. The zero-order chi connectivity index (χ0) is 19.1. The van der Waals surface area contributed by atoms with E-state index in [1.807, 2.05) is 0 Å². The monoisotopic (exact) mass is 363 g/mol. The van der Waals surface area contributed by atoms with Gasteiger partial charge in [0.05, 0.1) is 17.7 Å². The summed E-state index contributed by atoms with van der Waals surface area (Å²) in [6.45, 7) is -0.0491. The summed E-state index contributed by atoms with van der Waals surface area (Å²) in [6, 6.07) is 3.11. The van der Waals surface area contributed by atoms with Gasteiger partial charge in [0.2, 0.25) is 0 Å². The molecule has 26 heavy (non-hydrogen) atoms. The van der Waals surface area contributed by atoms with Crippen molar-refractivity contribution in [1.82, 2.24) is 14.9 Å². The summed E-state index contributed by atoms with van der Waals surface area (Å²) < 4.78 is 40.8. The van der Waals surface area contributed by atoms with Crippen molar-refractivity contribution in [3.8, 4) is 17.2 Å². The average Bonchev–Trinajstić information content (AvgIpc) is 2.86. The van der Waals surface area contributed by atoms with Gasteiger partial charge in [-0.25, -0.2) is 14.7 Å². The van der Waals surface area contributed by atoms with E-state index in [2.05, 4.69) is 9.97 Å². The number of β-amino-alcohol motifs (C(OH)–C–C–N with tert-alkyl or cyclic N) is 1. The number of hydrogen-bond acceptors (Lipinski definition) is 5. The Kier molecular flexibility index (Phi) is 4.25. The van der Waals surface area contributed by atoms with E-state index in [1.54, 1.807) is 6.07 Å². The molecule has 0 bridgehead atoms. The van der Waals surface area contributed by atoms with Crippen LogP contribution in [0.4, 0.5) is 23.8 Å². The summed E-state index contributed by atoms with van der Waals surface area (Å²) >= 11 is 0. The number of nitriles is 1. The third-order valence-corrected chi connectivity index (χ3v) is 3.94. The van der Waals surface area contributed by atoms with Crippen molar-refractivity contribution in [1.29, 1.82) is 5.26 Å². The lowest BCUT2D eigenvalue weighted by atomic mass is 9.98. The second-order valence-corrected chi connectivity index (χ2v) is 5.63. The smallest absolute Gasteiger partial charge is 0.371 e. The van der Waals surface area contributed by atoms with E-state index in [9.17, 15) is 23.1 Å². The van der Waals surface area contributed by atoms with E-state index in [1.165, 1.54) is 24.2 Å². The van der Waals surface area contributed by atoms with Gasteiger partial charge in [0.1, 0.15) is 11.9 Å². The van der Waals surface area contributed by atoms with Crippen LogP contribution in [0, 0.1) is 11.3 Å². The largest absolute Gasteiger partial charge is 0.417 e. The van der Waals surface area contributed by atoms with Crippen LogP contribution in [-0.2, 0) is 6.18 Å². The Morgan fingerprint density at radius 3 is 2.65 bits per heavy atom. The van der Waals surface area contributed by atoms with Crippen LogP contribution >= 0.6 is 0 Å². The normalized spacial score (nSPS) is 17.5. The summed E-state index contributed by atoms with van der Waals surface area (Å²) in [6.07, 6.45) is -2.70. The zero-order valence-electron chi connectivity index (χ0n) is 13.4. The number of aliphatic hydroxyl groups excluding tert-OH is 1. The minimum Gasteiger partial charge on any atom is -0.371 e. The number of halogens is 3.